The molecule has 0 saturated carbocycles. The molecule has 0 bridgehead atoms. The molecule has 35 heavy (non-hydrogen) atoms. The van der Waals surface area contributed by atoms with E-state index in [1.54, 1.807) is 6.92 Å². The average molecular weight is 487 g/mol. The maximum Gasteiger partial charge on any atom is 0.220 e. The van der Waals surface area contributed by atoms with Crippen molar-refractivity contribution >= 4 is 16.8 Å². The fourth-order valence-corrected chi connectivity index (χ4v) is 5.02. The van der Waals surface area contributed by atoms with E-state index in [9.17, 15) is 9.18 Å². The lowest BCUT2D eigenvalue weighted by Gasteiger charge is -2.06. The van der Waals surface area contributed by atoms with Crippen molar-refractivity contribution in [3.63, 3.8) is 0 Å². The lowest BCUT2D eigenvalue weighted by molar-refractivity contribution is -0.121. The van der Waals surface area contributed by atoms with Gasteiger partial charge in [-0.15, -0.1) is 0 Å². The number of hydrogen-bond acceptors (Lipinski definition) is 1. The van der Waals surface area contributed by atoms with Crippen molar-refractivity contribution < 1.29 is 9.18 Å². The first-order chi connectivity index (χ1) is 17.1. The van der Waals surface area contributed by atoms with Crippen molar-refractivity contribution in [1.82, 2.24) is 10.3 Å². The van der Waals surface area contributed by atoms with E-state index in [2.05, 4.69) is 17.2 Å². The summed E-state index contributed by atoms with van der Waals surface area (Å²) in [6.07, 6.45) is 26.3. The number of fused-ring (bicyclic) bond motifs is 1. The standard InChI is InChI=1S/C31H51FN2O/c1-3-4-5-6-7-8-9-10-11-12-13-14-15-16-17-18-19-20-30(35)33-24-23-27-25-34-31-26(2)29(32)22-21-28(27)31/h21-22,25,34H,3-20,23-24H2,1-2H3,(H,33,35). The molecule has 1 amide bonds. The summed E-state index contributed by atoms with van der Waals surface area (Å²) in [5, 5.41) is 4.09. The van der Waals surface area contributed by atoms with Crippen LogP contribution in [0.4, 0.5) is 4.39 Å². The molecule has 0 fully saturated rings. The molecule has 4 heteroatoms. The second kappa shape index (κ2) is 18.4. The number of unbranched alkanes of at least 4 members (excludes halogenated alkanes) is 16. The van der Waals surface area contributed by atoms with Crippen LogP contribution in [0.15, 0.2) is 18.3 Å². The lowest BCUT2D eigenvalue weighted by Crippen LogP contribution is -2.25. The Labute approximate surface area is 214 Å². The third-order valence-corrected chi connectivity index (χ3v) is 7.36. The first-order valence-corrected chi connectivity index (χ1v) is 14.6. The van der Waals surface area contributed by atoms with Gasteiger partial charge in [0.1, 0.15) is 5.82 Å². The second-order valence-electron chi connectivity index (χ2n) is 10.4. The second-order valence-corrected chi connectivity index (χ2v) is 10.4. The van der Waals surface area contributed by atoms with Crippen LogP contribution in [0, 0.1) is 12.7 Å². The van der Waals surface area contributed by atoms with Crippen LogP contribution in [0.25, 0.3) is 10.9 Å². The monoisotopic (exact) mass is 486 g/mol. The number of benzene rings is 1. The number of nitrogens with one attached hydrogen (secondary N) is 2. The SMILES string of the molecule is CCCCCCCCCCCCCCCCCCCC(=O)NCCc1c[nH]c2c(C)c(F)ccc12. The third kappa shape index (κ3) is 12.1. The molecule has 3 nitrogen and oxygen atoms in total. The molecular weight excluding hydrogens is 435 g/mol. The van der Waals surface area contributed by atoms with Crippen LogP contribution in [0.5, 0.6) is 0 Å². The Balaban J connectivity index is 1.36. The summed E-state index contributed by atoms with van der Waals surface area (Å²) >= 11 is 0. The molecular formula is C31H51FN2O. The average Bonchev–Trinajstić information content (AvgIpc) is 3.27. The molecule has 0 aliphatic heterocycles. The molecule has 0 aliphatic carbocycles. The molecule has 1 heterocycles. The van der Waals surface area contributed by atoms with E-state index in [0.717, 1.165) is 35.7 Å². The maximum atomic E-state index is 13.7. The molecule has 1 aromatic heterocycles. The van der Waals surface area contributed by atoms with Gasteiger partial charge in [-0.05, 0) is 37.5 Å². The first kappa shape index (κ1) is 29.4. The Kier molecular flexibility index (Phi) is 15.5. The van der Waals surface area contributed by atoms with Crippen molar-refractivity contribution in [2.24, 2.45) is 0 Å². The lowest BCUT2D eigenvalue weighted by atomic mass is 10.0. The van der Waals surface area contributed by atoms with Gasteiger partial charge < -0.3 is 10.3 Å². The smallest absolute Gasteiger partial charge is 0.220 e. The minimum Gasteiger partial charge on any atom is -0.361 e. The molecule has 2 rings (SSSR count). The summed E-state index contributed by atoms with van der Waals surface area (Å²) in [6, 6.07) is 3.34. The van der Waals surface area contributed by atoms with E-state index < -0.39 is 0 Å². The Bertz CT molecular complexity index is 829. The molecule has 0 saturated heterocycles. The van der Waals surface area contributed by atoms with Crippen LogP contribution >= 0.6 is 0 Å². The minimum absolute atomic E-state index is 0.146. The number of carbonyl (C=O) groups excluding carboxylic acids is 1. The normalized spacial score (nSPS) is 11.4. The molecule has 0 spiro atoms. The number of aryl methyl sites for hydroxylation is 1. The Morgan fingerprint density at radius 3 is 1.86 bits per heavy atom. The molecule has 0 radical (unpaired) electrons. The van der Waals surface area contributed by atoms with Gasteiger partial charge in [0.25, 0.3) is 0 Å². The van der Waals surface area contributed by atoms with E-state index in [-0.39, 0.29) is 11.7 Å². The number of aromatic amines is 1. The van der Waals surface area contributed by atoms with Crippen molar-refractivity contribution in [2.75, 3.05) is 6.54 Å². The van der Waals surface area contributed by atoms with Gasteiger partial charge in [0.15, 0.2) is 0 Å². The van der Waals surface area contributed by atoms with Crippen LogP contribution in [0.2, 0.25) is 0 Å². The predicted octanol–water partition coefficient (Wildman–Crippen LogP) is 9.32. The van der Waals surface area contributed by atoms with E-state index >= 15 is 0 Å². The predicted molar refractivity (Wildman–Crippen MR) is 148 cm³/mol. The summed E-state index contributed by atoms with van der Waals surface area (Å²) in [7, 11) is 0. The van der Waals surface area contributed by atoms with Crippen molar-refractivity contribution in [3.8, 4) is 0 Å². The Morgan fingerprint density at radius 1 is 0.800 bits per heavy atom. The number of amides is 1. The zero-order chi connectivity index (χ0) is 25.1. The zero-order valence-corrected chi connectivity index (χ0v) is 22.7. The number of halogens is 1. The molecule has 198 valence electrons. The quantitative estimate of drug-likeness (QED) is 0.170. The zero-order valence-electron chi connectivity index (χ0n) is 22.7. The van der Waals surface area contributed by atoms with Crippen LogP contribution in [0.3, 0.4) is 0 Å². The number of aromatic nitrogens is 1. The number of rotatable bonds is 21. The van der Waals surface area contributed by atoms with Crippen molar-refractivity contribution in [1.29, 1.82) is 0 Å². The van der Waals surface area contributed by atoms with Crippen molar-refractivity contribution in [3.05, 3.63) is 35.3 Å². The third-order valence-electron chi connectivity index (χ3n) is 7.36. The number of hydrogen-bond donors (Lipinski definition) is 2. The Morgan fingerprint density at radius 2 is 1.31 bits per heavy atom. The minimum atomic E-state index is -0.187. The van der Waals surface area contributed by atoms with Crippen LogP contribution in [-0.4, -0.2) is 17.4 Å². The van der Waals surface area contributed by atoms with Gasteiger partial charge in [0, 0.05) is 30.1 Å². The Hall–Kier alpha value is -1.84. The van der Waals surface area contributed by atoms with E-state index in [0.29, 0.717) is 18.5 Å². The fraction of sp³-hybridized carbons (Fsp3) is 0.710. The summed E-state index contributed by atoms with van der Waals surface area (Å²) in [6.45, 7) is 4.70. The van der Waals surface area contributed by atoms with E-state index in [4.69, 9.17) is 0 Å². The summed E-state index contributed by atoms with van der Waals surface area (Å²) in [5.74, 6) is -0.0405. The molecule has 2 aromatic rings. The highest BCUT2D eigenvalue weighted by atomic mass is 19.1. The highest BCUT2D eigenvalue weighted by molar-refractivity contribution is 5.86. The fourth-order valence-electron chi connectivity index (χ4n) is 5.02. The number of H-pyrrole nitrogens is 1. The van der Waals surface area contributed by atoms with Gasteiger partial charge in [-0.25, -0.2) is 4.39 Å². The van der Waals surface area contributed by atoms with Gasteiger partial charge in [-0.2, -0.15) is 0 Å². The van der Waals surface area contributed by atoms with E-state index in [1.807, 2.05) is 12.3 Å². The van der Waals surface area contributed by atoms with E-state index in [1.165, 1.54) is 102 Å². The molecule has 0 atom stereocenters. The largest absolute Gasteiger partial charge is 0.361 e. The molecule has 0 aliphatic rings. The summed E-state index contributed by atoms with van der Waals surface area (Å²) < 4.78 is 13.7. The van der Waals surface area contributed by atoms with Crippen LogP contribution in [-0.2, 0) is 11.2 Å². The van der Waals surface area contributed by atoms with Gasteiger partial charge in [0.05, 0.1) is 5.52 Å². The summed E-state index contributed by atoms with van der Waals surface area (Å²) in [5.41, 5.74) is 2.63. The highest BCUT2D eigenvalue weighted by Crippen LogP contribution is 2.23. The van der Waals surface area contributed by atoms with Gasteiger partial charge in [-0.1, -0.05) is 110 Å². The molecule has 1 aromatic carbocycles. The van der Waals surface area contributed by atoms with Crippen LogP contribution in [0.1, 0.15) is 134 Å². The van der Waals surface area contributed by atoms with Crippen molar-refractivity contribution in [2.45, 2.75) is 136 Å². The van der Waals surface area contributed by atoms with Gasteiger partial charge >= 0.3 is 0 Å². The topological polar surface area (TPSA) is 44.9 Å². The number of carbonyl (C=O) groups is 1. The molecule has 0 unspecified atom stereocenters. The first-order valence-electron chi connectivity index (χ1n) is 14.6. The maximum absolute atomic E-state index is 13.7. The molecule has 2 N–H and O–H groups in total. The highest BCUT2D eigenvalue weighted by Gasteiger charge is 2.09. The van der Waals surface area contributed by atoms with Crippen LogP contribution < -0.4 is 5.32 Å². The summed E-state index contributed by atoms with van der Waals surface area (Å²) in [4.78, 5) is 15.3. The van der Waals surface area contributed by atoms with Gasteiger partial charge in [-0.3, -0.25) is 4.79 Å². The van der Waals surface area contributed by atoms with Gasteiger partial charge in [0.2, 0.25) is 5.91 Å².